The van der Waals surface area contributed by atoms with Crippen LogP contribution in [-0.2, 0) is 11.2 Å². The lowest BCUT2D eigenvalue weighted by Crippen LogP contribution is -2.16. The van der Waals surface area contributed by atoms with Crippen molar-refractivity contribution < 1.29 is 4.79 Å². The van der Waals surface area contributed by atoms with Crippen LogP contribution in [0, 0.1) is 5.92 Å². The van der Waals surface area contributed by atoms with Crippen LogP contribution in [0.15, 0.2) is 0 Å². The largest absolute Gasteiger partial charge is 0.381 e. The predicted octanol–water partition coefficient (Wildman–Crippen LogP) is 1.51. The third-order valence-electron chi connectivity index (χ3n) is 3.18. The molecule has 3 N–H and O–H groups in total. The molecule has 1 aliphatic carbocycles. The molecule has 0 saturated heterocycles. The minimum atomic E-state index is 0.0872. The van der Waals surface area contributed by atoms with E-state index in [1.165, 1.54) is 12.8 Å². The molecular weight excluding hydrogens is 204 g/mol. The van der Waals surface area contributed by atoms with E-state index in [1.807, 2.05) is 0 Å². The predicted molar refractivity (Wildman–Crippen MR) is 61.4 cm³/mol. The van der Waals surface area contributed by atoms with E-state index in [4.69, 9.17) is 0 Å². The van der Waals surface area contributed by atoms with Crippen LogP contribution in [-0.4, -0.2) is 22.6 Å². The Hall–Kier alpha value is -1.52. The van der Waals surface area contributed by atoms with Gasteiger partial charge < -0.3 is 10.6 Å². The number of aromatic nitrogens is 2. The maximum atomic E-state index is 11.7. The van der Waals surface area contributed by atoms with E-state index in [1.54, 1.807) is 0 Å². The van der Waals surface area contributed by atoms with Crippen molar-refractivity contribution >= 4 is 17.4 Å². The number of hydrogen-bond donors (Lipinski definition) is 3. The summed E-state index contributed by atoms with van der Waals surface area (Å²) in [6, 6.07) is 0. The van der Waals surface area contributed by atoms with Crippen molar-refractivity contribution in [2.75, 3.05) is 17.2 Å². The second-order valence-corrected chi connectivity index (χ2v) is 4.65. The van der Waals surface area contributed by atoms with Crippen molar-refractivity contribution in [2.24, 2.45) is 5.92 Å². The van der Waals surface area contributed by atoms with Gasteiger partial charge in [0.2, 0.25) is 5.91 Å². The highest BCUT2D eigenvalue weighted by Crippen LogP contribution is 2.33. The average molecular weight is 220 g/mol. The second kappa shape index (κ2) is 3.81. The van der Waals surface area contributed by atoms with Crippen molar-refractivity contribution in [1.82, 2.24) is 10.2 Å². The third-order valence-corrected chi connectivity index (χ3v) is 3.18. The summed E-state index contributed by atoms with van der Waals surface area (Å²) in [6.45, 7) is 0.956. The monoisotopic (exact) mass is 220 g/mol. The summed E-state index contributed by atoms with van der Waals surface area (Å²) in [4.78, 5) is 11.7. The number of fused-ring (bicyclic) bond motifs is 1. The molecule has 3 rings (SSSR count). The summed E-state index contributed by atoms with van der Waals surface area (Å²) in [5, 5.41) is 13.3. The lowest BCUT2D eigenvalue weighted by Gasteiger charge is -2.14. The molecule has 1 saturated carbocycles. The topological polar surface area (TPSA) is 69.8 Å². The van der Waals surface area contributed by atoms with E-state index >= 15 is 0 Å². The number of hydrogen-bond acceptors (Lipinski definition) is 3. The maximum absolute atomic E-state index is 11.7. The molecule has 5 heteroatoms. The standard InChI is InChI=1S/C11H16N4O/c16-9(6-7-3-4-7)13-11-10-8(14-15-11)2-1-5-12-10/h7,12H,1-6H2,(H2,13,14,15,16). The number of rotatable bonds is 3. The zero-order valence-corrected chi connectivity index (χ0v) is 9.18. The van der Waals surface area contributed by atoms with Gasteiger partial charge in [-0.1, -0.05) is 0 Å². The number of carbonyl (C=O) groups excluding carboxylic acids is 1. The van der Waals surface area contributed by atoms with Gasteiger partial charge in [-0.25, -0.2) is 0 Å². The van der Waals surface area contributed by atoms with Gasteiger partial charge in [0.05, 0.1) is 5.69 Å². The molecule has 1 aliphatic heterocycles. The maximum Gasteiger partial charge on any atom is 0.225 e. The van der Waals surface area contributed by atoms with Gasteiger partial charge in [-0.05, 0) is 31.6 Å². The van der Waals surface area contributed by atoms with Crippen LogP contribution in [0.2, 0.25) is 0 Å². The number of nitrogens with one attached hydrogen (secondary N) is 3. The van der Waals surface area contributed by atoms with E-state index in [9.17, 15) is 4.79 Å². The summed E-state index contributed by atoms with van der Waals surface area (Å²) in [6.07, 6.45) is 5.16. The third kappa shape index (κ3) is 1.89. The summed E-state index contributed by atoms with van der Waals surface area (Å²) in [7, 11) is 0. The molecule has 5 nitrogen and oxygen atoms in total. The fourth-order valence-corrected chi connectivity index (χ4v) is 2.09. The lowest BCUT2D eigenvalue weighted by atomic mass is 10.1. The highest BCUT2D eigenvalue weighted by Gasteiger charge is 2.25. The van der Waals surface area contributed by atoms with Crippen molar-refractivity contribution in [3.05, 3.63) is 5.69 Å². The Labute approximate surface area is 94.0 Å². The number of aryl methyl sites for hydroxylation is 1. The molecule has 1 amide bonds. The summed E-state index contributed by atoms with van der Waals surface area (Å²) in [5.41, 5.74) is 2.09. The van der Waals surface area contributed by atoms with Crippen LogP contribution in [0.25, 0.3) is 0 Å². The van der Waals surface area contributed by atoms with Crippen LogP contribution >= 0.6 is 0 Å². The number of H-pyrrole nitrogens is 1. The molecular formula is C11H16N4O. The minimum Gasteiger partial charge on any atom is -0.381 e. The van der Waals surface area contributed by atoms with Gasteiger partial charge in [0.25, 0.3) is 0 Å². The van der Waals surface area contributed by atoms with E-state index in [2.05, 4.69) is 20.8 Å². The van der Waals surface area contributed by atoms with E-state index in [0.717, 1.165) is 30.8 Å². The van der Waals surface area contributed by atoms with Gasteiger partial charge >= 0.3 is 0 Å². The van der Waals surface area contributed by atoms with Crippen molar-refractivity contribution in [1.29, 1.82) is 0 Å². The molecule has 1 fully saturated rings. The number of nitrogens with zero attached hydrogens (tertiary/aromatic N) is 1. The first-order valence-corrected chi connectivity index (χ1v) is 5.94. The van der Waals surface area contributed by atoms with Gasteiger partial charge in [-0.2, -0.15) is 5.10 Å². The van der Waals surface area contributed by atoms with Crippen LogP contribution in [0.4, 0.5) is 11.5 Å². The van der Waals surface area contributed by atoms with E-state index < -0.39 is 0 Å². The Balaban J connectivity index is 1.68. The molecule has 0 bridgehead atoms. The average Bonchev–Trinajstić information content (AvgIpc) is 3.00. The zero-order chi connectivity index (χ0) is 11.0. The number of anilines is 2. The highest BCUT2D eigenvalue weighted by atomic mass is 16.1. The SMILES string of the molecule is O=C(CC1CC1)Nc1n[nH]c2c1NCCC2. The highest BCUT2D eigenvalue weighted by molar-refractivity contribution is 5.93. The van der Waals surface area contributed by atoms with Gasteiger partial charge in [0, 0.05) is 13.0 Å². The molecule has 1 aromatic rings. The smallest absolute Gasteiger partial charge is 0.225 e. The van der Waals surface area contributed by atoms with Crippen LogP contribution in [0.1, 0.15) is 31.4 Å². The molecule has 86 valence electrons. The van der Waals surface area contributed by atoms with Crippen molar-refractivity contribution in [3.63, 3.8) is 0 Å². The summed E-state index contributed by atoms with van der Waals surface area (Å²) < 4.78 is 0. The molecule has 0 atom stereocenters. The Morgan fingerprint density at radius 1 is 1.50 bits per heavy atom. The molecule has 0 radical (unpaired) electrons. The Morgan fingerprint density at radius 3 is 3.19 bits per heavy atom. The Kier molecular flexibility index (Phi) is 2.31. The molecule has 0 unspecified atom stereocenters. The molecule has 16 heavy (non-hydrogen) atoms. The number of aromatic amines is 1. The number of carbonyl (C=O) groups is 1. The second-order valence-electron chi connectivity index (χ2n) is 4.65. The summed E-state index contributed by atoms with van der Waals surface area (Å²) >= 11 is 0. The molecule has 2 aliphatic rings. The lowest BCUT2D eigenvalue weighted by molar-refractivity contribution is -0.116. The van der Waals surface area contributed by atoms with E-state index in [-0.39, 0.29) is 5.91 Å². The van der Waals surface area contributed by atoms with Gasteiger partial charge in [-0.15, -0.1) is 0 Å². The number of amides is 1. The summed E-state index contributed by atoms with van der Waals surface area (Å²) in [5.74, 6) is 1.37. The van der Waals surface area contributed by atoms with Gasteiger partial charge in [0.15, 0.2) is 5.82 Å². The zero-order valence-electron chi connectivity index (χ0n) is 9.18. The Morgan fingerprint density at radius 2 is 2.38 bits per heavy atom. The minimum absolute atomic E-state index is 0.0872. The fourth-order valence-electron chi connectivity index (χ4n) is 2.09. The molecule has 1 aromatic heterocycles. The van der Waals surface area contributed by atoms with E-state index in [0.29, 0.717) is 18.2 Å². The molecule has 0 aromatic carbocycles. The first kappa shape index (κ1) is 9.69. The molecule has 0 spiro atoms. The quantitative estimate of drug-likeness (QED) is 0.723. The normalized spacial score (nSPS) is 18.8. The first-order valence-electron chi connectivity index (χ1n) is 5.94. The molecule has 2 heterocycles. The van der Waals surface area contributed by atoms with Crippen LogP contribution in [0.5, 0.6) is 0 Å². The van der Waals surface area contributed by atoms with Crippen LogP contribution < -0.4 is 10.6 Å². The first-order chi connectivity index (χ1) is 7.83. The van der Waals surface area contributed by atoms with Crippen molar-refractivity contribution in [2.45, 2.75) is 32.1 Å². The Bertz CT molecular complexity index is 408. The van der Waals surface area contributed by atoms with Crippen molar-refractivity contribution in [3.8, 4) is 0 Å². The van der Waals surface area contributed by atoms with Crippen LogP contribution in [0.3, 0.4) is 0 Å². The van der Waals surface area contributed by atoms with Gasteiger partial charge in [0.1, 0.15) is 5.69 Å². The van der Waals surface area contributed by atoms with Gasteiger partial charge in [-0.3, -0.25) is 9.89 Å². The fraction of sp³-hybridized carbons (Fsp3) is 0.636.